The van der Waals surface area contributed by atoms with Crippen LogP contribution >= 0.6 is 0 Å². The second-order valence-corrected chi connectivity index (χ2v) is 11.6. The van der Waals surface area contributed by atoms with E-state index < -0.39 is 10.0 Å². The number of hydrogen-bond acceptors (Lipinski definition) is 4. The molecule has 0 saturated heterocycles. The summed E-state index contributed by atoms with van der Waals surface area (Å²) in [5.41, 5.74) is 1.72. The maximum Gasteiger partial charge on any atom is 0.254 e. The highest BCUT2D eigenvalue weighted by Gasteiger charge is 2.26. The summed E-state index contributed by atoms with van der Waals surface area (Å²) in [4.78, 5) is 14.7. The third-order valence-electron chi connectivity index (χ3n) is 5.87. The van der Waals surface area contributed by atoms with Crippen LogP contribution in [0.15, 0.2) is 24.3 Å². The molecular formula is C23H39N3O3S. The van der Waals surface area contributed by atoms with Crippen LogP contribution in [0.3, 0.4) is 0 Å². The minimum Gasteiger partial charge on any atom is -0.385 e. The second-order valence-electron chi connectivity index (χ2n) is 9.29. The smallest absolute Gasteiger partial charge is 0.254 e. The molecule has 7 heteroatoms. The number of anilines is 1. The normalized spacial score (nSPS) is 20.0. The average Bonchev–Trinajstić information content (AvgIpc) is 2.67. The molecule has 30 heavy (non-hydrogen) atoms. The summed E-state index contributed by atoms with van der Waals surface area (Å²) < 4.78 is 26.9. The van der Waals surface area contributed by atoms with Gasteiger partial charge in [0.1, 0.15) is 0 Å². The molecule has 1 aliphatic rings. The van der Waals surface area contributed by atoms with E-state index in [1.54, 1.807) is 13.8 Å². The number of benzene rings is 1. The van der Waals surface area contributed by atoms with Crippen LogP contribution in [-0.2, 0) is 10.0 Å². The van der Waals surface area contributed by atoms with Crippen LogP contribution in [0.1, 0.15) is 77.6 Å². The number of rotatable bonds is 9. The van der Waals surface area contributed by atoms with Gasteiger partial charge in [-0.2, -0.15) is 0 Å². The summed E-state index contributed by atoms with van der Waals surface area (Å²) in [5, 5.41) is 3.08. The summed E-state index contributed by atoms with van der Waals surface area (Å²) >= 11 is 0. The molecule has 2 N–H and O–H groups in total. The van der Waals surface area contributed by atoms with Gasteiger partial charge >= 0.3 is 0 Å². The molecule has 0 unspecified atom stereocenters. The van der Waals surface area contributed by atoms with Gasteiger partial charge in [0.05, 0.1) is 5.25 Å². The SMILES string of the molecule is CC(C)N(C(=O)c1ccc(NC[C@H]2CC[C@H](NS(=O)(=O)C(C)C)CC2)cc1)C(C)C. The number of nitrogens with one attached hydrogen (secondary N) is 2. The van der Waals surface area contributed by atoms with Crippen molar-refractivity contribution < 1.29 is 13.2 Å². The molecule has 0 aliphatic heterocycles. The zero-order chi connectivity index (χ0) is 22.5. The molecule has 0 heterocycles. The van der Waals surface area contributed by atoms with Crippen molar-refractivity contribution in [2.24, 2.45) is 5.92 Å². The molecule has 1 saturated carbocycles. The molecule has 170 valence electrons. The Kier molecular flexibility index (Phi) is 8.73. The van der Waals surface area contributed by atoms with E-state index in [9.17, 15) is 13.2 Å². The largest absolute Gasteiger partial charge is 0.385 e. The van der Waals surface area contributed by atoms with Crippen molar-refractivity contribution in [3.8, 4) is 0 Å². The first-order valence-electron chi connectivity index (χ1n) is 11.2. The maximum absolute atomic E-state index is 12.8. The van der Waals surface area contributed by atoms with Crippen LogP contribution in [0.2, 0.25) is 0 Å². The van der Waals surface area contributed by atoms with E-state index in [1.807, 2.05) is 56.9 Å². The quantitative estimate of drug-likeness (QED) is 0.605. The molecule has 0 atom stereocenters. The number of nitrogens with zero attached hydrogens (tertiary/aromatic N) is 1. The lowest BCUT2D eigenvalue weighted by molar-refractivity contribution is 0.0643. The summed E-state index contributed by atoms with van der Waals surface area (Å²) in [5.74, 6) is 0.595. The second kappa shape index (κ2) is 10.6. The Bertz CT molecular complexity index is 772. The predicted molar refractivity (Wildman–Crippen MR) is 124 cm³/mol. The topological polar surface area (TPSA) is 78.5 Å². The molecule has 1 amide bonds. The van der Waals surface area contributed by atoms with Crippen LogP contribution < -0.4 is 10.0 Å². The number of carbonyl (C=O) groups excluding carboxylic acids is 1. The van der Waals surface area contributed by atoms with Gasteiger partial charge in [-0.1, -0.05) is 0 Å². The molecule has 0 bridgehead atoms. The third-order valence-corrected chi connectivity index (χ3v) is 7.78. The van der Waals surface area contributed by atoms with Gasteiger partial charge in [-0.15, -0.1) is 0 Å². The Morgan fingerprint density at radius 3 is 1.97 bits per heavy atom. The highest BCUT2D eigenvalue weighted by Crippen LogP contribution is 2.26. The van der Waals surface area contributed by atoms with Crippen molar-refractivity contribution in [2.45, 2.75) is 90.6 Å². The van der Waals surface area contributed by atoms with Crippen LogP contribution in [0.4, 0.5) is 5.69 Å². The number of carbonyl (C=O) groups is 1. The monoisotopic (exact) mass is 437 g/mol. The Balaban J connectivity index is 1.83. The van der Waals surface area contributed by atoms with Crippen LogP contribution in [0, 0.1) is 5.92 Å². The van der Waals surface area contributed by atoms with Crippen molar-refractivity contribution in [3.05, 3.63) is 29.8 Å². The highest BCUT2D eigenvalue weighted by atomic mass is 32.2. The minimum absolute atomic E-state index is 0.0591. The first-order chi connectivity index (χ1) is 14.0. The summed E-state index contributed by atoms with van der Waals surface area (Å²) in [6, 6.07) is 8.10. The lowest BCUT2D eigenvalue weighted by Crippen LogP contribution is -2.42. The molecule has 0 aromatic heterocycles. The Labute approximate surface area is 182 Å². The van der Waals surface area contributed by atoms with Crippen molar-refractivity contribution in [2.75, 3.05) is 11.9 Å². The van der Waals surface area contributed by atoms with E-state index in [0.29, 0.717) is 11.5 Å². The fourth-order valence-electron chi connectivity index (χ4n) is 4.06. The van der Waals surface area contributed by atoms with Crippen LogP contribution in [0.25, 0.3) is 0 Å². The van der Waals surface area contributed by atoms with Crippen LogP contribution in [0.5, 0.6) is 0 Å². The fourth-order valence-corrected chi connectivity index (χ4v) is 5.03. The van der Waals surface area contributed by atoms with E-state index in [4.69, 9.17) is 0 Å². The van der Waals surface area contributed by atoms with E-state index in [-0.39, 0.29) is 29.3 Å². The maximum atomic E-state index is 12.8. The number of sulfonamides is 1. The van der Waals surface area contributed by atoms with Gasteiger partial charge in [-0.3, -0.25) is 4.79 Å². The van der Waals surface area contributed by atoms with Crippen molar-refractivity contribution in [1.29, 1.82) is 0 Å². The lowest BCUT2D eigenvalue weighted by Gasteiger charge is -2.31. The summed E-state index contributed by atoms with van der Waals surface area (Å²) in [6.45, 7) is 12.4. The van der Waals surface area contributed by atoms with Crippen molar-refractivity contribution in [1.82, 2.24) is 9.62 Å². The zero-order valence-electron chi connectivity index (χ0n) is 19.3. The molecule has 6 nitrogen and oxygen atoms in total. The first-order valence-corrected chi connectivity index (χ1v) is 12.7. The molecule has 1 fully saturated rings. The molecule has 1 aromatic carbocycles. The van der Waals surface area contributed by atoms with Crippen molar-refractivity contribution in [3.63, 3.8) is 0 Å². The Morgan fingerprint density at radius 2 is 1.50 bits per heavy atom. The standard InChI is InChI=1S/C23H39N3O3S/c1-16(2)26(17(3)4)23(27)20-9-13-21(14-10-20)24-15-19-7-11-22(12-8-19)25-30(28,29)18(5)6/h9-10,13-14,16-19,22,24-25H,7-8,11-12,15H2,1-6H3/t19-,22-. The number of hydrogen-bond donors (Lipinski definition) is 2. The van der Waals surface area contributed by atoms with Gasteiger partial charge in [-0.05, 0) is 97.4 Å². The average molecular weight is 438 g/mol. The van der Waals surface area contributed by atoms with Gasteiger partial charge in [0.2, 0.25) is 10.0 Å². The molecule has 2 rings (SSSR count). The molecule has 0 spiro atoms. The van der Waals surface area contributed by atoms with E-state index >= 15 is 0 Å². The highest BCUT2D eigenvalue weighted by molar-refractivity contribution is 7.90. The van der Waals surface area contributed by atoms with Crippen LogP contribution in [-0.4, -0.2) is 49.1 Å². The minimum atomic E-state index is -3.20. The van der Waals surface area contributed by atoms with Gasteiger partial charge in [0.15, 0.2) is 0 Å². The molecular weight excluding hydrogens is 398 g/mol. The van der Waals surface area contributed by atoms with Gasteiger partial charge in [-0.25, -0.2) is 13.1 Å². The van der Waals surface area contributed by atoms with Gasteiger partial charge in [0.25, 0.3) is 5.91 Å². The van der Waals surface area contributed by atoms with Gasteiger partial charge in [0, 0.05) is 35.9 Å². The predicted octanol–water partition coefficient (Wildman–Crippen LogP) is 4.24. The van der Waals surface area contributed by atoms with Gasteiger partial charge < -0.3 is 10.2 Å². The lowest BCUT2D eigenvalue weighted by atomic mass is 9.86. The van der Waals surface area contributed by atoms with Crippen molar-refractivity contribution >= 4 is 21.6 Å². The molecule has 1 aliphatic carbocycles. The summed E-state index contributed by atoms with van der Waals surface area (Å²) in [6.07, 6.45) is 3.77. The molecule has 1 aromatic rings. The molecule has 0 radical (unpaired) electrons. The third kappa shape index (κ3) is 6.71. The van der Waals surface area contributed by atoms with E-state index in [1.165, 1.54) is 0 Å². The number of amides is 1. The zero-order valence-corrected chi connectivity index (χ0v) is 20.1. The van der Waals surface area contributed by atoms with E-state index in [0.717, 1.165) is 37.9 Å². The first kappa shape index (κ1) is 24.7. The summed E-state index contributed by atoms with van der Waals surface area (Å²) in [7, 11) is -3.20. The Hall–Kier alpha value is -1.60. The fraction of sp³-hybridized carbons (Fsp3) is 0.696. The van der Waals surface area contributed by atoms with E-state index in [2.05, 4.69) is 10.0 Å². The Morgan fingerprint density at radius 1 is 0.967 bits per heavy atom.